The van der Waals surface area contributed by atoms with Crippen molar-refractivity contribution in [2.24, 2.45) is 5.92 Å². The highest BCUT2D eigenvalue weighted by Gasteiger charge is 2.45. The molecule has 2 unspecified atom stereocenters. The van der Waals surface area contributed by atoms with Crippen LogP contribution in [0.2, 0.25) is 0 Å². The zero-order valence-corrected chi connectivity index (χ0v) is 15.9. The second kappa shape index (κ2) is 7.52. The Hall–Kier alpha value is -3.06. The molecule has 4 rings (SSSR count). The maximum Gasteiger partial charge on any atom is 0.229 e. The molecule has 1 aliphatic rings. The van der Waals surface area contributed by atoms with E-state index >= 15 is 0 Å². The van der Waals surface area contributed by atoms with Crippen LogP contribution in [-0.4, -0.2) is 16.8 Å². The fourth-order valence-corrected chi connectivity index (χ4v) is 3.92. The van der Waals surface area contributed by atoms with Gasteiger partial charge in [-0.2, -0.15) is 0 Å². The second-order valence-corrected chi connectivity index (χ2v) is 7.61. The lowest BCUT2D eigenvalue weighted by molar-refractivity contribution is -0.117. The van der Waals surface area contributed by atoms with Crippen molar-refractivity contribution < 1.29 is 14.0 Å². The van der Waals surface area contributed by atoms with Crippen molar-refractivity contribution in [1.29, 1.82) is 0 Å². The molecule has 1 aliphatic carbocycles. The van der Waals surface area contributed by atoms with Crippen LogP contribution in [0, 0.1) is 11.7 Å². The minimum absolute atomic E-state index is 0.0676. The van der Waals surface area contributed by atoms with Crippen LogP contribution in [0.4, 0.5) is 15.2 Å². The third-order valence-corrected chi connectivity index (χ3v) is 5.42. The number of thiazole rings is 1. The number of hydrogen-bond acceptors (Lipinski definition) is 4. The SMILES string of the molecule is CC(=O)Nc1ccc(-c2csc(NC(=O)C3CC3c3ccccc3F)n2)cc1. The van der Waals surface area contributed by atoms with Crippen LogP contribution in [0.15, 0.2) is 53.9 Å². The summed E-state index contributed by atoms with van der Waals surface area (Å²) < 4.78 is 13.9. The van der Waals surface area contributed by atoms with E-state index in [9.17, 15) is 14.0 Å². The summed E-state index contributed by atoms with van der Waals surface area (Å²) in [7, 11) is 0. The van der Waals surface area contributed by atoms with E-state index in [1.54, 1.807) is 30.3 Å². The molecule has 0 radical (unpaired) electrons. The molecule has 2 aromatic carbocycles. The molecule has 7 heteroatoms. The predicted octanol–water partition coefficient (Wildman–Crippen LogP) is 4.65. The van der Waals surface area contributed by atoms with Gasteiger partial charge in [0.15, 0.2) is 5.13 Å². The molecule has 2 N–H and O–H groups in total. The van der Waals surface area contributed by atoms with Crippen LogP contribution in [0.25, 0.3) is 11.3 Å². The summed E-state index contributed by atoms with van der Waals surface area (Å²) in [6, 6.07) is 13.9. The maximum atomic E-state index is 13.9. The van der Waals surface area contributed by atoms with Gasteiger partial charge < -0.3 is 10.6 Å². The Balaban J connectivity index is 1.39. The Labute approximate surface area is 165 Å². The first-order valence-electron chi connectivity index (χ1n) is 8.90. The summed E-state index contributed by atoms with van der Waals surface area (Å²) >= 11 is 1.35. The van der Waals surface area contributed by atoms with Crippen LogP contribution in [0.5, 0.6) is 0 Å². The van der Waals surface area contributed by atoms with Gasteiger partial charge in [0.25, 0.3) is 0 Å². The molecular weight excluding hydrogens is 377 g/mol. The molecule has 2 amide bonds. The Morgan fingerprint density at radius 2 is 1.86 bits per heavy atom. The molecule has 2 atom stereocenters. The molecule has 3 aromatic rings. The van der Waals surface area contributed by atoms with Gasteiger partial charge in [-0.25, -0.2) is 9.37 Å². The zero-order valence-electron chi connectivity index (χ0n) is 15.1. The van der Waals surface area contributed by atoms with Crippen LogP contribution >= 0.6 is 11.3 Å². The minimum atomic E-state index is -0.262. The van der Waals surface area contributed by atoms with Gasteiger partial charge in [-0.15, -0.1) is 11.3 Å². The van der Waals surface area contributed by atoms with Crippen molar-refractivity contribution in [3.8, 4) is 11.3 Å². The smallest absolute Gasteiger partial charge is 0.229 e. The highest BCUT2D eigenvalue weighted by atomic mass is 32.1. The standard InChI is InChI=1S/C21H18FN3O2S/c1-12(26)23-14-8-6-13(7-9-14)19-11-28-21(24-19)25-20(27)17-10-16(17)15-4-2-3-5-18(15)22/h2-9,11,16-17H,10H2,1H3,(H,23,26)(H,24,25,27). The number of anilines is 2. The first-order valence-corrected chi connectivity index (χ1v) is 9.78. The first-order chi connectivity index (χ1) is 13.5. The lowest BCUT2D eigenvalue weighted by atomic mass is 10.1. The van der Waals surface area contributed by atoms with Gasteiger partial charge in [0.1, 0.15) is 5.82 Å². The van der Waals surface area contributed by atoms with Crippen LogP contribution in [0.3, 0.4) is 0 Å². The summed E-state index contributed by atoms with van der Waals surface area (Å²) in [4.78, 5) is 28.0. The third-order valence-electron chi connectivity index (χ3n) is 4.67. The average molecular weight is 395 g/mol. The van der Waals surface area contributed by atoms with Gasteiger partial charge in [-0.05, 0) is 36.1 Å². The normalized spacial score (nSPS) is 17.8. The van der Waals surface area contributed by atoms with E-state index in [-0.39, 0.29) is 29.5 Å². The number of carbonyl (C=O) groups excluding carboxylic acids is 2. The largest absolute Gasteiger partial charge is 0.326 e. The first kappa shape index (κ1) is 18.3. The van der Waals surface area contributed by atoms with Crippen molar-refractivity contribution in [3.05, 3.63) is 65.3 Å². The molecule has 1 saturated carbocycles. The summed E-state index contributed by atoms with van der Waals surface area (Å²) in [5.74, 6) is -0.805. The van der Waals surface area contributed by atoms with Crippen molar-refractivity contribution in [2.45, 2.75) is 19.3 Å². The Kier molecular flexibility index (Phi) is 4.92. The van der Waals surface area contributed by atoms with E-state index in [0.717, 1.165) is 11.3 Å². The zero-order chi connectivity index (χ0) is 19.7. The molecule has 0 saturated heterocycles. The number of hydrogen-bond donors (Lipinski definition) is 2. The summed E-state index contributed by atoms with van der Waals surface area (Å²) in [6.07, 6.45) is 0.648. The molecule has 0 aliphatic heterocycles. The van der Waals surface area contributed by atoms with Gasteiger partial charge in [-0.1, -0.05) is 30.3 Å². The van der Waals surface area contributed by atoms with E-state index in [2.05, 4.69) is 15.6 Å². The van der Waals surface area contributed by atoms with Crippen molar-refractivity contribution in [3.63, 3.8) is 0 Å². The van der Waals surface area contributed by atoms with Crippen molar-refractivity contribution >= 4 is 34.0 Å². The number of aromatic nitrogens is 1. The Morgan fingerprint density at radius 1 is 1.11 bits per heavy atom. The lowest BCUT2D eigenvalue weighted by Crippen LogP contribution is -2.14. The number of halogens is 1. The highest BCUT2D eigenvalue weighted by Crippen LogP contribution is 2.48. The van der Waals surface area contributed by atoms with Gasteiger partial charge in [0, 0.05) is 29.5 Å². The van der Waals surface area contributed by atoms with E-state index < -0.39 is 0 Å². The number of nitrogens with one attached hydrogen (secondary N) is 2. The number of amides is 2. The van der Waals surface area contributed by atoms with Crippen LogP contribution in [0.1, 0.15) is 24.8 Å². The monoisotopic (exact) mass is 395 g/mol. The molecule has 5 nitrogen and oxygen atoms in total. The maximum absolute atomic E-state index is 13.9. The molecule has 1 aromatic heterocycles. The van der Waals surface area contributed by atoms with Gasteiger partial charge in [-0.3, -0.25) is 9.59 Å². The molecule has 28 heavy (non-hydrogen) atoms. The van der Waals surface area contributed by atoms with E-state index in [4.69, 9.17) is 0 Å². The molecule has 1 heterocycles. The summed E-state index contributed by atoms with van der Waals surface area (Å²) in [5, 5.41) is 7.94. The Bertz CT molecular complexity index is 1030. The number of carbonyl (C=O) groups is 2. The second-order valence-electron chi connectivity index (χ2n) is 6.76. The fraction of sp³-hybridized carbons (Fsp3) is 0.190. The van der Waals surface area contributed by atoms with Crippen molar-refractivity contribution in [1.82, 2.24) is 4.98 Å². The van der Waals surface area contributed by atoms with E-state index in [1.165, 1.54) is 24.3 Å². The van der Waals surface area contributed by atoms with Gasteiger partial charge >= 0.3 is 0 Å². The quantitative estimate of drug-likeness (QED) is 0.661. The summed E-state index contributed by atoms with van der Waals surface area (Å²) in [5.41, 5.74) is 2.95. The lowest BCUT2D eigenvalue weighted by Gasteiger charge is -2.03. The molecule has 1 fully saturated rings. The van der Waals surface area contributed by atoms with Crippen molar-refractivity contribution in [2.75, 3.05) is 10.6 Å². The third kappa shape index (κ3) is 3.94. The van der Waals surface area contributed by atoms with Gasteiger partial charge in [0.05, 0.1) is 5.69 Å². The highest BCUT2D eigenvalue weighted by molar-refractivity contribution is 7.14. The molecule has 0 spiro atoms. The molecule has 142 valence electrons. The average Bonchev–Trinajstić information content (AvgIpc) is 3.33. The van der Waals surface area contributed by atoms with Crippen LogP contribution < -0.4 is 10.6 Å². The summed E-state index contributed by atoms with van der Waals surface area (Å²) in [6.45, 7) is 1.46. The number of rotatable bonds is 5. The van der Waals surface area contributed by atoms with Gasteiger partial charge in [0.2, 0.25) is 11.8 Å². The topological polar surface area (TPSA) is 71.1 Å². The fourth-order valence-electron chi connectivity index (χ4n) is 3.19. The molecule has 0 bridgehead atoms. The molecular formula is C21H18FN3O2S. The minimum Gasteiger partial charge on any atom is -0.326 e. The number of nitrogens with zero attached hydrogens (tertiary/aromatic N) is 1. The Morgan fingerprint density at radius 3 is 2.57 bits per heavy atom. The number of benzene rings is 2. The predicted molar refractivity (Wildman–Crippen MR) is 108 cm³/mol. The van der Waals surface area contributed by atoms with E-state index in [1.807, 2.05) is 17.5 Å². The van der Waals surface area contributed by atoms with E-state index in [0.29, 0.717) is 22.8 Å². The van der Waals surface area contributed by atoms with Crippen LogP contribution in [-0.2, 0) is 9.59 Å².